The van der Waals surface area contributed by atoms with Crippen LogP contribution in [0, 0.1) is 0 Å². The van der Waals surface area contributed by atoms with E-state index >= 15 is 0 Å². The Labute approximate surface area is 184 Å². The molecule has 0 bridgehead atoms. The summed E-state index contributed by atoms with van der Waals surface area (Å²) in [6.45, 7) is 0.660. The van der Waals surface area contributed by atoms with E-state index in [9.17, 15) is 4.79 Å². The Bertz CT molecular complexity index is 1290. The van der Waals surface area contributed by atoms with Crippen molar-refractivity contribution in [2.75, 3.05) is 12.1 Å². The Kier molecular flexibility index (Phi) is 4.31. The number of ether oxygens (including phenoxy) is 2. The van der Waals surface area contributed by atoms with Gasteiger partial charge in [0.25, 0.3) is 5.91 Å². The molecule has 4 aromatic rings. The summed E-state index contributed by atoms with van der Waals surface area (Å²) in [4.78, 5) is 19.5. The molecule has 32 heavy (non-hydrogen) atoms. The highest BCUT2D eigenvalue weighted by Gasteiger charge is 2.33. The van der Waals surface area contributed by atoms with Gasteiger partial charge in [-0.05, 0) is 47.5 Å². The third-order valence-corrected chi connectivity index (χ3v) is 5.82. The summed E-state index contributed by atoms with van der Waals surface area (Å²) in [5.41, 5.74) is 4.49. The fourth-order valence-electron chi connectivity index (χ4n) is 4.20. The maximum Gasteiger partial charge on any atom is 0.258 e. The number of hydrogen-bond donors (Lipinski definition) is 1. The lowest BCUT2D eigenvalue weighted by Gasteiger charge is -2.38. The molecule has 1 atom stereocenters. The van der Waals surface area contributed by atoms with Crippen LogP contribution in [-0.4, -0.2) is 27.2 Å². The van der Waals surface area contributed by atoms with Crippen LogP contribution in [0.3, 0.4) is 0 Å². The zero-order valence-corrected chi connectivity index (χ0v) is 17.1. The first-order valence-corrected chi connectivity index (χ1v) is 10.4. The maximum atomic E-state index is 13.5. The van der Waals surface area contributed by atoms with Gasteiger partial charge in [-0.1, -0.05) is 30.3 Å². The number of nitrogens with zero attached hydrogens (tertiary/aromatic N) is 3. The Morgan fingerprint density at radius 3 is 2.69 bits per heavy atom. The summed E-state index contributed by atoms with van der Waals surface area (Å²) in [6, 6.07) is 21.6. The number of aromatic nitrogens is 2. The second-order valence-corrected chi connectivity index (χ2v) is 7.77. The number of anilines is 1. The average Bonchev–Trinajstić information content (AvgIpc) is 3.53. The molecule has 2 aliphatic rings. The number of fused-ring (bicyclic) bond motifs is 2. The molecule has 0 saturated heterocycles. The first kappa shape index (κ1) is 18.5. The highest BCUT2D eigenvalue weighted by atomic mass is 16.7. The molecule has 7 heteroatoms. The summed E-state index contributed by atoms with van der Waals surface area (Å²) < 4.78 is 12.9. The number of hydrogen-bond acceptors (Lipinski definition) is 5. The van der Waals surface area contributed by atoms with Gasteiger partial charge in [-0.15, -0.1) is 0 Å². The topological polar surface area (TPSA) is 68.6 Å². The quantitative estimate of drug-likeness (QED) is 0.527. The summed E-state index contributed by atoms with van der Waals surface area (Å²) in [6.07, 6.45) is 5.11. The molecule has 3 heterocycles. The van der Waals surface area contributed by atoms with Crippen LogP contribution in [-0.2, 0) is 6.54 Å². The standard InChI is InChI=1S/C25H20N4O3/c30-25-20-3-1-2-4-21(20)27-24(18-6-8-19(9-7-18)28-12-11-26-15-28)29(25)14-17-5-10-22-23(13-17)32-16-31-22/h1-13,15,24,27H,14,16H2/t24-/m0/s1. The van der Waals surface area contributed by atoms with E-state index in [0.717, 1.165) is 28.3 Å². The minimum Gasteiger partial charge on any atom is -0.454 e. The Morgan fingerprint density at radius 1 is 1.00 bits per heavy atom. The zero-order chi connectivity index (χ0) is 21.5. The number of carbonyl (C=O) groups is 1. The molecular weight excluding hydrogens is 404 g/mol. The smallest absolute Gasteiger partial charge is 0.258 e. The van der Waals surface area contributed by atoms with Crippen LogP contribution in [0.4, 0.5) is 5.69 Å². The first-order valence-electron chi connectivity index (χ1n) is 10.4. The van der Waals surface area contributed by atoms with E-state index in [2.05, 4.69) is 10.3 Å². The molecule has 1 N–H and O–H groups in total. The predicted molar refractivity (Wildman–Crippen MR) is 119 cm³/mol. The number of benzene rings is 3. The first-order chi connectivity index (χ1) is 15.8. The summed E-state index contributed by atoms with van der Waals surface area (Å²) >= 11 is 0. The molecule has 0 spiro atoms. The number of nitrogens with one attached hydrogen (secondary N) is 1. The fraction of sp³-hybridized carbons (Fsp3) is 0.120. The zero-order valence-electron chi connectivity index (χ0n) is 17.1. The van der Waals surface area contributed by atoms with Crippen molar-refractivity contribution in [3.05, 3.63) is 102 Å². The Balaban J connectivity index is 1.36. The molecule has 3 aromatic carbocycles. The maximum absolute atomic E-state index is 13.5. The lowest BCUT2D eigenvalue weighted by Crippen LogP contribution is -2.42. The van der Waals surface area contributed by atoms with Gasteiger partial charge in [0.05, 0.1) is 11.9 Å². The molecular formula is C25H20N4O3. The van der Waals surface area contributed by atoms with E-state index in [4.69, 9.17) is 9.47 Å². The third kappa shape index (κ3) is 3.15. The van der Waals surface area contributed by atoms with Crippen molar-refractivity contribution in [2.45, 2.75) is 12.7 Å². The Hall–Kier alpha value is -4.26. The lowest BCUT2D eigenvalue weighted by atomic mass is 10.0. The minimum absolute atomic E-state index is 0.0132. The van der Waals surface area contributed by atoms with Gasteiger partial charge in [-0.25, -0.2) is 4.98 Å². The summed E-state index contributed by atoms with van der Waals surface area (Å²) in [5, 5.41) is 3.55. The van der Waals surface area contributed by atoms with Gasteiger partial charge in [0.2, 0.25) is 6.79 Å². The Morgan fingerprint density at radius 2 is 1.84 bits per heavy atom. The monoisotopic (exact) mass is 424 g/mol. The second kappa shape index (κ2) is 7.46. The van der Waals surface area contributed by atoms with Crippen molar-refractivity contribution in [1.82, 2.24) is 14.5 Å². The van der Waals surface area contributed by atoms with Gasteiger partial charge in [0.1, 0.15) is 6.17 Å². The number of carbonyl (C=O) groups excluding carboxylic acids is 1. The number of imidazole rings is 1. The van der Waals surface area contributed by atoms with Crippen LogP contribution < -0.4 is 14.8 Å². The average molecular weight is 424 g/mol. The van der Waals surface area contributed by atoms with Gasteiger partial charge in [0.15, 0.2) is 11.5 Å². The van der Waals surface area contributed by atoms with Gasteiger partial charge in [-0.3, -0.25) is 4.79 Å². The third-order valence-electron chi connectivity index (χ3n) is 5.82. The molecule has 2 aliphatic heterocycles. The van der Waals surface area contributed by atoms with E-state index in [1.54, 1.807) is 12.5 Å². The summed E-state index contributed by atoms with van der Waals surface area (Å²) in [7, 11) is 0. The molecule has 0 aliphatic carbocycles. The minimum atomic E-state index is -0.306. The van der Waals surface area contributed by atoms with Crippen molar-refractivity contribution in [3.8, 4) is 17.2 Å². The number of para-hydroxylation sites is 1. The number of amides is 1. The molecule has 0 unspecified atom stereocenters. The van der Waals surface area contributed by atoms with E-state index in [1.807, 2.05) is 82.4 Å². The SMILES string of the molecule is O=C1c2ccccc2N[C@H](c2ccc(-n3ccnc3)cc2)N1Cc1ccc2c(c1)OCO2. The van der Waals surface area contributed by atoms with Gasteiger partial charge < -0.3 is 24.3 Å². The van der Waals surface area contributed by atoms with E-state index in [1.165, 1.54) is 0 Å². The largest absolute Gasteiger partial charge is 0.454 e. The van der Waals surface area contributed by atoms with Gasteiger partial charge in [0, 0.05) is 30.3 Å². The van der Waals surface area contributed by atoms with Crippen LogP contribution in [0.15, 0.2) is 85.5 Å². The highest BCUT2D eigenvalue weighted by molar-refractivity contribution is 6.01. The van der Waals surface area contributed by atoms with Crippen molar-refractivity contribution in [3.63, 3.8) is 0 Å². The number of rotatable bonds is 4. The van der Waals surface area contributed by atoms with Crippen LogP contribution >= 0.6 is 0 Å². The van der Waals surface area contributed by atoms with Crippen molar-refractivity contribution < 1.29 is 14.3 Å². The molecule has 0 fully saturated rings. The lowest BCUT2D eigenvalue weighted by molar-refractivity contribution is 0.0666. The van der Waals surface area contributed by atoms with Crippen LogP contribution in [0.25, 0.3) is 5.69 Å². The summed E-state index contributed by atoms with van der Waals surface area (Å²) in [5.74, 6) is 1.43. The van der Waals surface area contributed by atoms with Crippen LogP contribution in [0.5, 0.6) is 11.5 Å². The van der Waals surface area contributed by atoms with Crippen molar-refractivity contribution in [1.29, 1.82) is 0 Å². The van der Waals surface area contributed by atoms with Gasteiger partial charge in [-0.2, -0.15) is 0 Å². The molecule has 0 radical (unpaired) electrons. The van der Waals surface area contributed by atoms with E-state index < -0.39 is 0 Å². The molecule has 7 nitrogen and oxygen atoms in total. The normalized spacial score (nSPS) is 16.6. The van der Waals surface area contributed by atoms with Gasteiger partial charge >= 0.3 is 0 Å². The molecule has 1 amide bonds. The van der Waals surface area contributed by atoms with Crippen molar-refractivity contribution in [2.24, 2.45) is 0 Å². The van der Waals surface area contributed by atoms with Crippen LogP contribution in [0.1, 0.15) is 27.7 Å². The van der Waals surface area contributed by atoms with E-state index in [0.29, 0.717) is 17.9 Å². The molecule has 1 aromatic heterocycles. The second-order valence-electron chi connectivity index (χ2n) is 7.77. The van der Waals surface area contributed by atoms with E-state index in [-0.39, 0.29) is 18.9 Å². The highest BCUT2D eigenvalue weighted by Crippen LogP contribution is 2.37. The molecule has 0 saturated carbocycles. The molecule has 6 rings (SSSR count). The van der Waals surface area contributed by atoms with Crippen molar-refractivity contribution >= 4 is 11.6 Å². The fourth-order valence-corrected chi connectivity index (χ4v) is 4.20. The van der Waals surface area contributed by atoms with Crippen LogP contribution in [0.2, 0.25) is 0 Å². The molecule has 158 valence electrons. The predicted octanol–water partition coefficient (Wildman–Crippen LogP) is 4.37.